The molecule has 1 aromatic heterocycles. The molecule has 1 aliphatic rings. The summed E-state index contributed by atoms with van der Waals surface area (Å²) in [5, 5.41) is 11.3. The van der Waals surface area contributed by atoms with E-state index in [1.165, 1.54) is 37.5 Å². The molecule has 0 saturated carbocycles. The fraction of sp³-hybridized carbons (Fsp3) is 0.353. The van der Waals surface area contributed by atoms with Crippen molar-refractivity contribution in [3.63, 3.8) is 0 Å². The molecule has 1 amide bonds. The molecule has 0 atom stereocenters. The van der Waals surface area contributed by atoms with Gasteiger partial charge < -0.3 is 10.3 Å². The third-order valence-electron chi connectivity index (χ3n) is 3.44. The average Bonchev–Trinajstić information content (AvgIpc) is 3.04. The van der Waals surface area contributed by atoms with Crippen molar-refractivity contribution in [2.45, 2.75) is 32.1 Å². The molecule has 0 saturated heterocycles. The molecule has 2 N–H and O–H groups in total. The van der Waals surface area contributed by atoms with Crippen LogP contribution in [0.4, 0.5) is 0 Å². The van der Waals surface area contributed by atoms with Gasteiger partial charge >= 0.3 is 0 Å². The number of hydrogen-bond donors (Lipinski definition) is 2. The van der Waals surface area contributed by atoms with Gasteiger partial charge in [-0.3, -0.25) is 4.79 Å². The van der Waals surface area contributed by atoms with Crippen LogP contribution >= 0.6 is 0 Å². The third-order valence-corrected chi connectivity index (χ3v) is 3.44. The smallest absolute Gasteiger partial charge is 0.287 e. The molecule has 22 heavy (non-hydrogen) atoms. The summed E-state index contributed by atoms with van der Waals surface area (Å²) < 4.78 is 0. The van der Waals surface area contributed by atoms with Gasteiger partial charge in [-0.2, -0.15) is 5.26 Å². The number of rotatable bonds is 6. The van der Waals surface area contributed by atoms with Gasteiger partial charge in [-0.1, -0.05) is 36.0 Å². The van der Waals surface area contributed by atoms with Gasteiger partial charge in [-0.15, -0.1) is 0 Å². The Hall–Kier alpha value is -2.61. The van der Waals surface area contributed by atoms with Crippen molar-refractivity contribution in [2.24, 2.45) is 0 Å². The van der Waals surface area contributed by atoms with Gasteiger partial charge in [0.1, 0.15) is 6.07 Å². The van der Waals surface area contributed by atoms with Crippen LogP contribution in [0.2, 0.25) is 0 Å². The van der Waals surface area contributed by atoms with E-state index in [0.717, 1.165) is 6.42 Å². The first-order valence-electron chi connectivity index (χ1n) is 7.53. The normalized spacial score (nSPS) is 15.0. The number of H-pyrrole nitrogens is 1. The van der Waals surface area contributed by atoms with Crippen LogP contribution in [-0.4, -0.2) is 22.4 Å². The van der Waals surface area contributed by atoms with Gasteiger partial charge in [-0.05, 0) is 32.1 Å². The Morgan fingerprint density at radius 3 is 3.00 bits per heavy atom. The Morgan fingerprint density at radius 2 is 2.27 bits per heavy atom. The van der Waals surface area contributed by atoms with Crippen LogP contribution in [0, 0.1) is 11.3 Å². The first-order chi connectivity index (χ1) is 10.8. The van der Waals surface area contributed by atoms with E-state index in [1.54, 1.807) is 0 Å². The summed E-state index contributed by atoms with van der Waals surface area (Å²) in [7, 11) is 0. The van der Waals surface area contributed by atoms with Crippen molar-refractivity contribution in [1.82, 2.24) is 15.3 Å². The lowest BCUT2D eigenvalue weighted by atomic mass is 9.97. The van der Waals surface area contributed by atoms with Crippen molar-refractivity contribution in [1.29, 1.82) is 5.26 Å². The SMILES string of the molecule is N#Cc1c[nH]c(C(=O)NC/C=C\C=C/CC2=CCCCC2)n1. The minimum Gasteiger partial charge on any atom is -0.346 e. The summed E-state index contributed by atoms with van der Waals surface area (Å²) >= 11 is 0. The van der Waals surface area contributed by atoms with Crippen molar-refractivity contribution in [2.75, 3.05) is 6.54 Å². The van der Waals surface area contributed by atoms with Gasteiger partial charge in [0.15, 0.2) is 11.5 Å². The number of amides is 1. The lowest BCUT2D eigenvalue weighted by molar-refractivity contribution is 0.0948. The molecule has 0 aliphatic heterocycles. The van der Waals surface area contributed by atoms with Gasteiger partial charge in [0, 0.05) is 12.7 Å². The zero-order valence-electron chi connectivity index (χ0n) is 12.5. The van der Waals surface area contributed by atoms with E-state index < -0.39 is 0 Å². The third kappa shape index (κ3) is 5.06. The number of aromatic amines is 1. The topological polar surface area (TPSA) is 81.6 Å². The van der Waals surface area contributed by atoms with Crippen molar-refractivity contribution >= 4 is 5.91 Å². The second-order valence-electron chi connectivity index (χ2n) is 5.12. The van der Waals surface area contributed by atoms with Crippen LogP contribution in [0.3, 0.4) is 0 Å². The zero-order valence-corrected chi connectivity index (χ0v) is 12.5. The summed E-state index contributed by atoms with van der Waals surface area (Å²) in [5.41, 5.74) is 1.73. The van der Waals surface area contributed by atoms with Crippen LogP contribution in [0.25, 0.3) is 0 Å². The lowest BCUT2D eigenvalue weighted by Gasteiger charge is -2.09. The van der Waals surface area contributed by atoms with Crippen LogP contribution in [-0.2, 0) is 0 Å². The van der Waals surface area contributed by atoms with Gasteiger partial charge in [0.25, 0.3) is 5.91 Å². The molecule has 0 unspecified atom stereocenters. The molecule has 5 nitrogen and oxygen atoms in total. The summed E-state index contributed by atoms with van der Waals surface area (Å²) in [4.78, 5) is 18.2. The number of imidazole rings is 1. The first kappa shape index (κ1) is 15.8. The first-order valence-corrected chi connectivity index (χ1v) is 7.53. The monoisotopic (exact) mass is 296 g/mol. The molecule has 2 rings (SSSR count). The molecule has 0 radical (unpaired) electrons. The van der Waals surface area contributed by atoms with Crippen molar-refractivity contribution < 1.29 is 4.79 Å². The molecular formula is C17H20N4O. The Labute approximate surface area is 130 Å². The fourth-order valence-electron chi connectivity index (χ4n) is 2.27. The highest BCUT2D eigenvalue weighted by molar-refractivity contribution is 5.90. The maximum Gasteiger partial charge on any atom is 0.287 e. The molecule has 1 aliphatic carbocycles. The summed E-state index contributed by atoms with van der Waals surface area (Å²) in [6.07, 6.45) is 17.8. The zero-order chi connectivity index (χ0) is 15.6. The average molecular weight is 296 g/mol. The highest BCUT2D eigenvalue weighted by Crippen LogP contribution is 2.20. The van der Waals surface area contributed by atoms with Gasteiger partial charge in [0.05, 0.1) is 0 Å². The Kier molecular flexibility index (Phi) is 6.18. The number of nitrogens with one attached hydrogen (secondary N) is 2. The number of hydrogen-bond acceptors (Lipinski definition) is 3. The summed E-state index contributed by atoms with van der Waals surface area (Å²) in [6, 6.07) is 1.87. The van der Waals surface area contributed by atoms with Gasteiger partial charge in [0.2, 0.25) is 0 Å². The predicted octanol–water partition coefficient (Wildman–Crippen LogP) is 3.01. The van der Waals surface area contributed by atoms with E-state index in [0.29, 0.717) is 6.54 Å². The van der Waals surface area contributed by atoms with E-state index in [9.17, 15) is 4.79 Å². The predicted molar refractivity (Wildman–Crippen MR) is 85.1 cm³/mol. The quantitative estimate of drug-likeness (QED) is 0.625. The number of allylic oxidation sites excluding steroid dienone is 5. The highest BCUT2D eigenvalue weighted by Gasteiger charge is 2.08. The molecule has 0 bridgehead atoms. The molecule has 0 spiro atoms. The van der Waals surface area contributed by atoms with E-state index in [4.69, 9.17) is 5.26 Å². The number of nitriles is 1. The molecule has 0 fully saturated rings. The molecule has 114 valence electrons. The van der Waals surface area contributed by atoms with Crippen molar-refractivity contribution in [3.8, 4) is 6.07 Å². The van der Waals surface area contributed by atoms with Crippen LogP contribution in [0.1, 0.15) is 48.4 Å². The van der Waals surface area contributed by atoms with E-state index in [1.807, 2.05) is 24.3 Å². The minimum atomic E-state index is -0.317. The highest BCUT2D eigenvalue weighted by atomic mass is 16.2. The molecule has 5 heteroatoms. The minimum absolute atomic E-state index is 0.157. The second kappa shape index (κ2) is 8.63. The van der Waals surface area contributed by atoms with Crippen LogP contribution < -0.4 is 5.32 Å². The Bertz CT molecular complexity index is 631. The van der Waals surface area contributed by atoms with Crippen LogP contribution in [0.5, 0.6) is 0 Å². The van der Waals surface area contributed by atoms with E-state index >= 15 is 0 Å². The number of carbonyl (C=O) groups excluding carboxylic acids is 1. The van der Waals surface area contributed by atoms with E-state index in [-0.39, 0.29) is 17.4 Å². The van der Waals surface area contributed by atoms with Crippen LogP contribution in [0.15, 0.2) is 42.2 Å². The van der Waals surface area contributed by atoms with Crippen molar-refractivity contribution in [3.05, 3.63) is 53.7 Å². The fourth-order valence-corrected chi connectivity index (χ4v) is 2.27. The summed E-state index contributed by atoms with van der Waals surface area (Å²) in [6.45, 7) is 0.425. The Balaban J connectivity index is 1.66. The Morgan fingerprint density at radius 1 is 1.41 bits per heavy atom. The standard InChI is InChI=1S/C17H20N4O/c18-12-15-13-20-16(21-15)17(22)19-11-7-2-1-4-8-14-9-5-3-6-10-14/h1-2,4,7,9,13H,3,5-6,8,10-11H2,(H,19,22)(H,20,21)/b4-1-,7-2-. The maximum atomic E-state index is 11.7. The summed E-state index contributed by atoms with van der Waals surface area (Å²) in [5.74, 6) is -0.160. The molecule has 1 heterocycles. The molecular weight excluding hydrogens is 276 g/mol. The molecule has 1 aromatic rings. The maximum absolute atomic E-state index is 11.7. The lowest BCUT2D eigenvalue weighted by Crippen LogP contribution is -2.24. The number of aromatic nitrogens is 2. The second-order valence-corrected chi connectivity index (χ2v) is 5.12. The number of carbonyl (C=O) groups is 1. The largest absolute Gasteiger partial charge is 0.346 e. The molecule has 0 aromatic carbocycles. The number of nitrogens with zero attached hydrogens (tertiary/aromatic N) is 2. The van der Waals surface area contributed by atoms with Gasteiger partial charge in [-0.25, -0.2) is 4.98 Å². The van der Waals surface area contributed by atoms with E-state index in [2.05, 4.69) is 27.4 Å².